The van der Waals surface area contributed by atoms with Crippen LogP contribution in [0, 0.1) is 0 Å². The van der Waals surface area contributed by atoms with E-state index in [1.807, 2.05) is 0 Å². The number of carboxylic acid groups (broad SMARTS) is 1. The first-order valence-corrected chi connectivity index (χ1v) is 6.73. The fraction of sp³-hybridized carbons (Fsp3) is 0.250. The van der Waals surface area contributed by atoms with Crippen LogP contribution in [0.15, 0.2) is 36.4 Å². The third kappa shape index (κ3) is 2.11. The number of nitrogens with zero attached hydrogens (tertiary/aromatic N) is 1. The molecule has 0 saturated carbocycles. The molecule has 1 N–H and O–H groups in total. The highest BCUT2D eigenvalue weighted by Crippen LogP contribution is 2.32. The summed E-state index contributed by atoms with van der Waals surface area (Å²) in [7, 11) is 1.52. The number of ketones is 1. The highest BCUT2D eigenvalue weighted by Gasteiger charge is 2.32. The fourth-order valence-corrected chi connectivity index (χ4v) is 2.86. The van der Waals surface area contributed by atoms with Gasteiger partial charge in [0.1, 0.15) is 5.75 Å². The molecule has 3 rings (SSSR count). The Morgan fingerprint density at radius 1 is 1.24 bits per heavy atom. The van der Waals surface area contributed by atoms with E-state index in [0.29, 0.717) is 35.7 Å². The van der Waals surface area contributed by atoms with Gasteiger partial charge in [0.15, 0.2) is 0 Å². The molecule has 108 valence electrons. The van der Waals surface area contributed by atoms with Crippen LogP contribution < -0.4 is 4.74 Å². The minimum Gasteiger partial charge on any atom is -0.496 e. The topological polar surface area (TPSA) is 68.5 Å². The summed E-state index contributed by atoms with van der Waals surface area (Å²) in [6, 6.07) is 10.5. The number of fused-ring (bicyclic) bond motifs is 1. The van der Waals surface area contributed by atoms with E-state index in [2.05, 4.69) is 0 Å². The maximum absolute atomic E-state index is 12.7. The highest BCUT2D eigenvalue weighted by atomic mass is 16.5. The second-order valence-corrected chi connectivity index (χ2v) is 5.00. The maximum Gasteiger partial charge on any atom is 0.312 e. The van der Waals surface area contributed by atoms with Crippen molar-refractivity contribution in [3.05, 3.63) is 53.3 Å². The zero-order chi connectivity index (χ0) is 15.0. The van der Waals surface area contributed by atoms with Crippen molar-refractivity contribution < 1.29 is 19.4 Å². The molecule has 1 aliphatic rings. The third-order valence-corrected chi connectivity index (χ3v) is 3.90. The largest absolute Gasteiger partial charge is 0.496 e. The number of rotatable bonds is 4. The van der Waals surface area contributed by atoms with Crippen molar-refractivity contribution in [1.82, 2.24) is 4.57 Å². The molecule has 0 aliphatic carbocycles. The van der Waals surface area contributed by atoms with Gasteiger partial charge in [-0.15, -0.1) is 0 Å². The summed E-state index contributed by atoms with van der Waals surface area (Å²) in [4.78, 5) is 23.9. The molecule has 0 saturated heterocycles. The standard InChI is InChI=1S/C16H15NO4/c1-21-14-5-3-2-4-11(14)15(18)13-7-6-12-10(16(19)20)8-9-17(12)13/h2-7,10H,8-9H2,1H3,(H,19,20). The number of benzene rings is 1. The molecule has 5 nitrogen and oxygen atoms in total. The van der Waals surface area contributed by atoms with Crippen LogP contribution in [-0.2, 0) is 11.3 Å². The molecule has 1 aliphatic heterocycles. The van der Waals surface area contributed by atoms with Crippen LogP contribution in [0.2, 0.25) is 0 Å². The van der Waals surface area contributed by atoms with Gasteiger partial charge in [0.25, 0.3) is 0 Å². The van der Waals surface area contributed by atoms with E-state index in [9.17, 15) is 14.7 Å². The van der Waals surface area contributed by atoms with Crippen molar-refractivity contribution in [2.45, 2.75) is 18.9 Å². The van der Waals surface area contributed by atoms with E-state index in [1.165, 1.54) is 7.11 Å². The Morgan fingerprint density at radius 2 is 2.00 bits per heavy atom. The van der Waals surface area contributed by atoms with Gasteiger partial charge < -0.3 is 14.4 Å². The van der Waals surface area contributed by atoms with E-state index >= 15 is 0 Å². The molecule has 0 bridgehead atoms. The summed E-state index contributed by atoms with van der Waals surface area (Å²) in [5, 5.41) is 9.19. The van der Waals surface area contributed by atoms with Crippen LogP contribution in [0.25, 0.3) is 0 Å². The average molecular weight is 285 g/mol. The van der Waals surface area contributed by atoms with Gasteiger partial charge >= 0.3 is 5.97 Å². The van der Waals surface area contributed by atoms with Crippen LogP contribution in [0.4, 0.5) is 0 Å². The molecule has 1 aromatic heterocycles. The maximum atomic E-state index is 12.7. The van der Waals surface area contributed by atoms with Crippen LogP contribution in [-0.4, -0.2) is 28.5 Å². The molecule has 0 amide bonds. The zero-order valence-electron chi connectivity index (χ0n) is 11.6. The fourth-order valence-electron chi connectivity index (χ4n) is 2.86. The number of aliphatic carboxylic acids is 1. The first kappa shape index (κ1) is 13.4. The Morgan fingerprint density at radius 3 is 2.71 bits per heavy atom. The van der Waals surface area contributed by atoms with Crippen molar-refractivity contribution in [2.75, 3.05) is 7.11 Å². The summed E-state index contributed by atoms with van der Waals surface area (Å²) in [5.41, 5.74) is 1.69. The van der Waals surface area contributed by atoms with Gasteiger partial charge in [-0.3, -0.25) is 9.59 Å². The first-order valence-electron chi connectivity index (χ1n) is 6.73. The molecule has 1 aromatic carbocycles. The van der Waals surface area contributed by atoms with Crippen LogP contribution >= 0.6 is 0 Å². The molecule has 21 heavy (non-hydrogen) atoms. The van der Waals surface area contributed by atoms with Crippen molar-refractivity contribution in [3.8, 4) is 5.75 Å². The smallest absolute Gasteiger partial charge is 0.312 e. The Labute approximate surface area is 121 Å². The Balaban J connectivity index is 2.01. The summed E-state index contributed by atoms with van der Waals surface area (Å²) in [5.74, 6) is -0.997. The molecule has 0 fully saturated rings. The van der Waals surface area contributed by atoms with E-state index in [1.54, 1.807) is 41.0 Å². The van der Waals surface area contributed by atoms with Gasteiger partial charge in [0.05, 0.1) is 24.3 Å². The molecule has 1 atom stereocenters. The third-order valence-electron chi connectivity index (χ3n) is 3.90. The van der Waals surface area contributed by atoms with Crippen molar-refractivity contribution in [1.29, 1.82) is 0 Å². The number of methoxy groups -OCH3 is 1. The zero-order valence-corrected chi connectivity index (χ0v) is 11.6. The SMILES string of the molecule is COc1ccccc1C(=O)c1ccc2n1CCC2C(=O)O. The predicted molar refractivity (Wildman–Crippen MR) is 75.9 cm³/mol. The van der Waals surface area contributed by atoms with Crippen molar-refractivity contribution in [2.24, 2.45) is 0 Å². The van der Waals surface area contributed by atoms with Gasteiger partial charge in [-0.05, 0) is 30.7 Å². The predicted octanol–water partition coefficient (Wildman–Crippen LogP) is 2.30. The summed E-state index contributed by atoms with van der Waals surface area (Å²) in [6.45, 7) is 0.551. The molecule has 2 heterocycles. The van der Waals surface area contributed by atoms with Gasteiger partial charge in [-0.25, -0.2) is 0 Å². The quantitative estimate of drug-likeness (QED) is 0.875. The summed E-state index contributed by atoms with van der Waals surface area (Å²) >= 11 is 0. The van der Waals surface area contributed by atoms with Crippen LogP contribution in [0.5, 0.6) is 5.75 Å². The number of para-hydroxylation sites is 1. The minimum absolute atomic E-state index is 0.148. The Bertz CT molecular complexity index is 717. The monoisotopic (exact) mass is 285 g/mol. The molecule has 2 aromatic rings. The van der Waals surface area contributed by atoms with Crippen molar-refractivity contribution in [3.63, 3.8) is 0 Å². The number of carboxylic acids is 1. The number of ether oxygens (including phenoxy) is 1. The lowest BCUT2D eigenvalue weighted by Crippen LogP contribution is -2.10. The van der Waals surface area contributed by atoms with Gasteiger partial charge in [-0.2, -0.15) is 0 Å². The molecule has 1 unspecified atom stereocenters. The van der Waals surface area contributed by atoms with Crippen molar-refractivity contribution >= 4 is 11.8 Å². The number of aromatic nitrogens is 1. The number of carbonyl (C=O) groups excluding carboxylic acids is 1. The van der Waals surface area contributed by atoms with E-state index in [-0.39, 0.29) is 5.78 Å². The van der Waals surface area contributed by atoms with Gasteiger partial charge in [0, 0.05) is 12.2 Å². The molecular formula is C16H15NO4. The molecule has 5 heteroatoms. The lowest BCUT2D eigenvalue weighted by Gasteiger charge is -2.09. The van der Waals surface area contributed by atoms with Gasteiger partial charge in [0.2, 0.25) is 5.78 Å². The Kier molecular flexibility index (Phi) is 3.25. The lowest BCUT2D eigenvalue weighted by molar-refractivity contribution is -0.138. The number of hydrogen-bond donors (Lipinski definition) is 1. The number of carbonyl (C=O) groups is 2. The second-order valence-electron chi connectivity index (χ2n) is 5.00. The second kappa shape index (κ2) is 5.09. The molecular weight excluding hydrogens is 270 g/mol. The summed E-state index contributed by atoms with van der Waals surface area (Å²) < 4.78 is 7.02. The normalized spacial score (nSPS) is 16.5. The minimum atomic E-state index is -0.844. The van der Waals surface area contributed by atoms with Gasteiger partial charge in [-0.1, -0.05) is 12.1 Å². The Hall–Kier alpha value is -2.56. The average Bonchev–Trinajstić information content (AvgIpc) is 3.07. The first-order chi connectivity index (χ1) is 10.1. The number of hydrogen-bond acceptors (Lipinski definition) is 3. The molecule has 0 radical (unpaired) electrons. The lowest BCUT2D eigenvalue weighted by atomic mass is 10.1. The summed E-state index contributed by atoms with van der Waals surface area (Å²) in [6.07, 6.45) is 0.526. The highest BCUT2D eigenvalue weighted by molar-refractivity contribution is 6.10. The van der Waals surface area contributed by atoms with E-state index in [0.717, 1.165) is 0 Å². The van der Waals surface area contributed by atoms with Crippen LogP contribution in [0.3, 0.4) is 0 Å². The van der Waals surface area contributed by atoms with Crippen LogP contribution in [0.1, 0.15) is 34.1 Å². The molecule has 0 spiro atoms. The van der Waals surface area contributed by atoms with E-state index in [4.69, 9.17) is 4.74 Å². The van der Waals surface area contributed by atoms with E-state index < -0.39 is 11.9 Å².